The highest BCUT2D eigenvalue weighted by molar-refractivity contribution is 5.94. The van der Waals surface area contributed by atoms with E-state index in [-0.39, 0.29) is 5.91 Å². The molecular formula is C24H26N4O2. The lowest BCUT2D eigenvalue weighted by atomic mass is 10.1. The third kappa shape index (κ3) is 4.27. The summed E-state index contributed by atoms with van der Waals surface area (Å²) in [5.74, 6) is 2.37. The van der Waals surface area contributed by atoms with Gasteiger partial charge < -0.3 is 14.5 Å². The molecule has 30 heavy (non-hydrogen) atoms. The van der Waals surface area contributed by atoms with Crippen LogP contribution in [0.25, 0.3) is 11.4 Å². The van der Waals surface area contributed by atoms with Crippen molar-refractivity contribution < 1.29 is 9.53 Å². The Labute approximate surface area is 177 Å². The molecule has 154 valence electrons. The minimum Gasteiger partial charge on any atom is -0.497 e. The van der Waals surface area contributed by atoms with Crippen LogP contribution < -0.4 is 9.64 Å². The van der Waals surface area contributed by atoms with Crippen LogP contribution in [0.15, 0.2) is 54.6 Å². The predicted octanol–water partition coefficient (Wildman–Crippen LogP) is 3.73. The number of rotatable bonds is 4. The van der Waals surface area contributed by atoms with Gasteiger partial charge in [0.15, 0.2) is 5.82 Å². The molecule has 3 aromatic rings. The zero-order valence-corrected chi connectivity index (χ0v) is 17.6. The lowest BCUT2D eigenvalue weighted by Crippen LogP contribution is -2.49. The van der Waals surface area contributed by atoms with Gasteiger partial charge in [-0.15, -0.1) is 0 Å². The van der Waals surface area contributed by atoms with Crippen molar-refractivity contribution in [3.8, 4) is 17.1 Å². The summed E-state index contributed by atoms with van der Waals surface area (Å²) in [6, 6.07) is 17.6. The van der Waals surface area contributed by atoms with E-state index in [0.717, 1.165) is 36.0 Å². The van der Waals surface area contributed by atoms with Crippen molar-refractivity contribution in [3.05, 3.63) is 71.4 Å². The zero-order valence-electron chi connectivity index (χ0n) is 17.6. The quantitative estimate of drug-likeness (QED) is 0.666. The SMILES string of the molecule is COc1cccc(C(=O)N2CCN(c3cc(C)nc(-c4ccc(C)cc4)n3)CC2)c1. The largest absolute Gasteiger partial charge is 0.497 e. The maximum absolute atomic E-state index is 12.9. The first kappa shape index (κ1) is 19.9. The van der Waals surface area contributed by atoms with Crippen LogP contribution in [0.2, 0.25) is 0 Å². The highest BCUT2D eigenvalue weighted by atomic mass is 16.5. The summed E-state index contributed by atoms with van der Waals surface area (Å²) in [5, 5.41) is 0. The normalized spacial score (nSPS) is 14.0. The molecule has 0 radical (unpaired) electrons. The molecule has 6 nitrogen and oxygen atoms in total. The second-order valence-corrected chi connectivity index (χ2v) is 7.57. The summed E-state index contributed by atoms with van der Waals surface area (Å²) in [6.45, 7) is 6.83. The average Bonchev–Trinajstić information content (AvgIpc) is 2.79. The minimum absolute atomic E-state index is 0.0350. The molecule has 1 aliphatic heterocycles. The molecule has 2 heterocycles. The number of nitrogens with zero attached hydrogens (tertiary/aromatic N) is 4. The number of aryl methyl sites for hydroxylation is 2. The van der Waals surface area contributed by atoms with Crippen LogP contribution in [0.5, 0.6) is 5.75 Å². The zero-order chi connectivity index (χ0) is 21.1. The number of benzene rings is 2. The molecule has 2 aromatic carbocycles. The number of aromatic nitrogens is 2. The Morgan fingerprint density at radius 1 is 0.933 bits per heavy atom. The van der Waals surface area contributed by atoms with E-state index in [1.54, 1.807) is 13.2 Å². The Balaban J connectivity index is 1.47. The van der Waals surface area contributed by atoms with E-state index in [0.29, 0.717) is 24.4 Å². The second-order valence-electron chi connectivity index (χ2n) is 7.57. The maximum Gasteiger partial charge on any atom is 0.254 e. The second kappa shape index (κ2) is 8.53. The van der Waals surface area contributed by atoms with Gasteiger partial charge >= 0.3 is 0 Å². The Morgan fingerprint density at radius 2 is 1.67 bits per heavy atom. The summed E-state index contributed by atoms with van der Waals surface area (Å²) in [7, 11) is 1.61. The summed E-state index contributed by atoms with van der Waals surface area (Å²) < 4.78 is 5.24. The van der Waals surface area contributed by atoms with Crippen molar-refractivity contribution in [2.24, 2.45) is 0 Å². The number of ether oxygens (including phenoxy) is 1. The maximum atomic E-state index is 12.9. The van der Waals surface area contributed by atoms with Crippen molar-refractivity contribution >= 4 is 11.7 Å². The van der Waals surface area contributed by atoms with Crippen LogP contribution in [0.3, 0.4) is 0 Å². The molecule has 1 fully saturated rings. The molecule has 1 aliphatic rings. The lowest BCUT2D eigenvalue weighted by Gasteiger charge is -2.35. The number of anilines is 1. The van der Waals surface area contributed by atoms with Crippen molar-refractivity contribution in [3.63, 3.8) is 0 Å². The highest BCUT2D eigenvalue weighted by Crippen LogP contribution is 2.22. The van der Waals surface area contributed by atoms with Crippen LogP contribution >= 0.6 is 0 Å². The fraction of sp³-hybridized carbons (Fsp3) is 0.292. The van der Waals surface area contributed by atoms with Crippen LogP contribution in [0, 0.1) is 13.8 Å². The summed E-state index contributed by atoms with van der Waals surface area (Å²) in [5.41, 5.74) is 3.81. The van der Waals surface area contributed by atoms with Crippen molar-refractivity contribution in [1.82, 2.24) is 14.9 Å². The summed E-state index contributed by atoms with van der Waals surface area (Å²) in [4.78, 5) is 26.4. The Bertz CT molecular complexity index is 1040. The first-order chi connectivity index (χ1) is 14.5. The number of carbonyl (C=O) groups excluding carboxylic acids is 1. The number of amides is 1. The topological polar surface area (TPSA) is 58.6 Å². The average molecular weight is 402 g/mol. The highest BCUT2D eigenvalue weighted by Gasteiger charge is 2.23. The van der Waals surface area contributed by atoms with E-state index in [9.17, 15) is 4.79 Å². The molecule has 0 N–H and O–H groups in total. The van der Waals surface area contributed by atoms with Gasteiger partial charge in [0.05, 0.1) is 7.11 Å². The van der Waals surface area contributed by atoms with Gasteiger partial charge in [0.2, 0.25) is 0 Å². The molecule has 1 saturated heterocycles. The number of carbonyl (C=O) groups is 1. The van der Waals surface area contributed by atoms with Crippen LogP contribution in [0.1, 0.15) is 21.6 Å². The smallest absolute Gasteiger partial charge is 0.254 e. The molecule has 0 aliphatic carbocycles. The van der Waals surface area contributed by atoms with Gasteiger partial charge in [-0.3, -0.25) is 4.79 Å². The third-order valence-corrected chi connectivity index (χ3v) is 5.36. The Hall–Kier alpha value is -3.41. The molecule has 0 saturated carbocycles. The van der Waals surface area contributed by atoms with Crippen molar-refractivity contribution in [2.75, 3.05) is 38.2 Å². The van der Waals surface area contributed by atoms with Gasteiger partial charge in [0, 0.05) is 49.1 Å². The molecule has 0 unspecified atom stereocenters. The molecule has 1 amide bonds. The summed E-state index contributed by atoms with van der Waals surface area (Å²) >= 11 is 0. The molecule has 4 rings (SSSR count). The fourth-order valence-corrected chi connectivity index (χ4v) is 3.62. The first-order valence-electron chi connectivity index (χ1n) is 10.1. The minimum atomic E-state index is 0.0350. The van der Waals surface area contributed by atoms with E-state index in [4.69, 9.17) is 9.72 Å². The molecule has 0 atom stereocenters. The van der Waals surface area contributed by atoms with Crippen molar-refractivity contribution in [1.29, 1.82) is 0 Å². The number of hydrogen-bond acceptors (Lipinski definition) is 5. The van der Waals surface area contributed by atoms with E-state index in [1.807, 2.05) is 36.1 Å². The first-order valence-corrected chi connectivity index (χ1v) is 10.1. The van der Waals surface area contributed by atoms with Crippen LogP contribution in [-0.2, 0) is 0 Å². The van der Waals surface area contributed by atoms with E-state index in [2.05, 4.69) is 41.1 Å². The molecule has 6 heteroatoms. The number of hydrogen-bond donors (Lipinski definition) is 0. The van der Waals surface area contributed by atoms with E-state index < -0.39 is 0 Å². The summed E-state index contributed by atoms with van der Waals surface area (Å²) in [6.07, 6.45) is 0. The van der Waals surface area contributed by atoms with Gasteiger partial charge in [-0.2, -0.15) is 0 Å². The van der Waals surface area contributed by atoms with Gasteiger partial charge in [-0.1, -0.05) is 35.9 Å². The van der Waals surface area contributed by atoms with Gasteiger partial charge in [-0.25, -0.2) is 9.97 Å². The predicted molar refractivity (Wildman–Crippen MR) is 118 cm³/mol. The number of methoxy groups -OCH3 is 1. The molecule has 0 spiro atoms. The Kier molecular flexibility index (Phi) is 5.65. The van der Waals surface area contributed by atoms with Crippen LogP contribution in [0.4, 0.5) is 5.82 Å². The third-order valence-electron chi connectivity index (χ3n) is 5.36. The monoisotopic (exact) mass is 402 g/mol. The molecular weight excluding hydrogens is 376 g/mol. The fourth-order valence-electron chi connectivity index (χ4n) is 3.62. The van der Waals surface area contributed by atoms with Gasteiger partial charge in [0.25, 0.3) is 5.91 Å². The van der Waals surface area contributed by atoms with E-state index in [1.165, 1.54) is 5.56 Å². The molecule has 0 bridgehead atoms. The number of piperazine rings is 1. The van der Waals surface area contributed by atoms with E-state index >= 15 is 0 Å². The van der Waals surface area contributed by atoms with Crippen molar-refractivity contribution in [2.45, 2.75) is 13.8 Å². The molecule has 1 aromatic heterocycles. The van der Waals surface area contributed by atoms with Gasteiger partial charge in [0.1, 0.15) is 11.6 Å². The Morgan fingerprint density at radius 3 is 2.37 bits per heavy atom. The van der Waals surface area contributed by atoms with Gasteiger partial charge in [-0.05, 0) is 32.0 Å². The lowest BCUT2D eigenvalue weighted by molar-refractivity contribution is 0.0746. The standard InChI is InChI=1S/C24H26N4O2/c1-17-7-9-19(10-8-17)23-25-18(2)15-22(26-23)27-11-13-28(14-12-27)24(29)20-5-4-6-21(16-20)30-3/h4-10,15-16H,11-14H2,1-3H3. The van der Waals surface area contributed by atoms with Crippen LogP contribution in [-0.4, -0.2) is 54.1 Å².